The van der Waals surface area contributed by atoms with Gasteiger partial charge < -0.3 is 0 Å². The minimum atomic E-state index is 0.104. The highest BCUT2D eigenvalue weighted by Crippen LogP contribution is 2.17. The van der Waals surface area contributed by atoms with E-state index in [1.54, 1.807) is 62.4 Å². The van der Waals surface area contributed by atoms with E-state index in [1.807, 2.05) is 11.0 Å². The number of nitrogens with one attached hydrogen (secondary N) is 2. The molecule has 0 fully saturated rings. The Hall–Kier alpha value is -2.78. The van der Waals surface area contributed by atoms with Crippen molar-refractivity contribution in [3.05, 3.63) is 58.6 Å². The highest BCUT2D eigenvalue weighted by Gasteiger charge is 2.06. The molecule has 0 aliphatic carbocycles. The van der Waals surface area contributed by atoms with Gasteiger partial charge in [-0.2, -0.15) is 10.2 Å². The van der Waals surface area contributed by atoms with E-state index in [4.69, 9.17) is 23.2 Å². The first-order chi connectivity index (χ1) is 13.4. The van der Waals surface area contributed by atoms with Crippen LogP contribution >= 0.6 is 23.2 Å². The van der Waals surface area contributed by atoms with E-state index >= 15 is 0 Å². The Labute approximate surface area is 171 Å². The van der Waals surface area contributed by atoms with E-state index in [-0.39, 0.29) is 11.7 Å². The van der Waals surface area contributed by atoms with Gasteiger partial charge in [0.2, 0.25) is 0 Å². The average molecular weight is 421 g/mol. The predicted octanol–water partition coefficient (Wildman–Crippen LogP) is 4.55. The third-order valence-electron chi connectivity index (χ3n) is 3.38. The Morgan fingerprint density at radius 1 is 0.679 bits per heavy atom. The topological polar surface area (TPSA) is 114 Å². The zero-order valence-electron chi connectivity index (χ0n) is 15.1. The fraction of sp³-hybridized carbons (Fsp3) is 0.111. The van der Waals surface area contributed by atoms with Crippen LogP contribution in [0.15, 0.2) is 68.7 Å². The lowest BCUT2D eigenvalue weighted by Crippen LogP contribution is -2.28. The highest BCUT2D eigenvalue weighted by molar-refractivity contribution is 6.42. The van der Waals surface area contributed by atoms with Crippen LogP contribution in [0.1, 0.15) is 13.8 Å². The molecule has 0 atom stereocenters. The summed E-state index contributed by atoms with van der Waals surface area (Å²) in [6, 6.07) is 13.5. The van der Waals surface area contributed by atoms with Gasteiger partial charge in [-0.25, -0.2) is 9.98 Å². The lowest BCUT2D eigenvalue weighted by molar-refractivity contribution is 0.236. The van der Waals surface area contributed by atoms with E-state index in [2.05, 4.69) is 20.2 Å². The first-order valence-electron chi connectivity index (χ1n) is 8.01. The number of hydrogen-bond donors (Lipinski definition) is 4. The van der Waals surface area contributed by atoms with Crippen LogP contribution in [0.2, 0.25) is 10.0 Å². The van der Waals surface area contributed by atoms with Gasteiger partial charge in [-0.3, -0.25) is 21.4 Å². The molecule has 4 N–H and O–H groups in total. The second kappa shape index (κ2) is 10.5. The van der Waals surface area contributed by atoms with E-state index in [0.29, 0.717) is 32.8 Å². The molecule has 146 valence electrons. The lowest BCUT2D eigenvalue weighted by Gasteiger charge is -2.05. The van der Waals surface area contributed by atoms with Crippen LogP contribution in [0.5, 0.6) is 0 Å². The minimum Gasteiger partial charge on any atom is -0.290 e. The molecule has 0 radical (unpaired) electrons. The van der Waals surface area contributed by atoms with Crippen LogP contribution in [-0.2, 0) is 0 Å². The van der Waals surface area contributed by atoms with E-state index < -0.39 is 0 Å². The molecule has 2 aromatic rings. The smallest absolute Gasteiger partial charge is 0.173 e. The van der Waals surface area contributed by atoms with E-state index in [0.717, 1.165) is 0 Å². The van der Waals surface area contributed by atoms with Gasteiger partial charge in [-0.05, 0) is 62.4 Å². The zero-order valence-corrected chi connectivity index (χ0v) is 16.6. The highest BCUT2D eigenvalue weighted by atomic mass is 35.5. The van der Waals surface area contributed by atoms with Crippen molar-refractivity contribution in [2.75, 3.05) is 0 Å². The van der Waals surface area contributed by atoms with Crippen molar-refractivity contribution < 1.29 is 10.4 Å². The van der Waals surface area contributed by atoms with Crippen LogP contribution in [-0.4, -0.2) is 33.5 Å². The van der Waals surface area contributed by atoms with Crippen molar-refractivity contribution in [1.29, 1.82) is 0 Å². The number of benzene rings is 2. The first-order valence-corrected chi connectivity index (χ1v) is 8.77. The van der Waals surface area contributed by atoms with Gasteiger partial charge in [0.1, 0.15) is 11.4 Å². The molecule has 0 saturated carbocycles. The molecule has 0 heterocycles. The van der Waals surface area contributed by atoms with Crippen molar-refractivity contribution >= 4 is 57.7 Å². The summed E-state index contributed by atoms with van der Waals surface area (Å²) in [7, 11) is 0. The van der Waals surface area contributed by atoms with Gasteiger partial charge in [0.25, 0.3) is 0 Å². The largest absolute Gasteiger partial charge is 0.290 e. The summed E-state index contributed by atoms with van der Waals surface area (Å²) in [6.07, 6.45) is 0. The van der Waals surface area contributed by atoms with Gasteiger partial charge in [0, 0.05) is 10.0 Å². The Morgan fingerprint density at radius 3 is 1.29 bits per heavy atom. The molecule has 0 aromatic heterocycles. The normalized spacial score (nSPS) is 13.5. The quantitative estimate of drug-likeness (QED) is 0.322. The number of amidine groups is 2. The van der Waals surface area contributed by atoms with Crippen molar-refractivity contribution in [1.82, 2.24) is 11.0 Å². The standard InChI is InChI=1S/C18H18Cl2N6O2/c1-11(17(25-27)21-15-7-3-13(19)4-8-15)23-24-12(2)18(26-28)22-16-9-5-14(20)6-10-16/h3-10,27-28H,1-2H3,(H,21,25)(H,22,26)/b23-11+,24-12+. The molecule has 2 rings (SSSR count). The van der Waals surface area contributed by atoms with Crippen LogP contribution in [0.25, 0.3) is 0 Å². The lowest BCUT2D eigenvalue weighted by atomic mass is 10.3. The molecule has 0 amide bonds. The SMILES string of the molecule is C/C(=N\N=C(/C)C(=Nc1ccc(Cl)cc1)NO)C(=Nc1ccc(Cl)cc1)NO. The molecule has 0 unspecified atom stereocenters. The van der Waals surface area contributed by atoms with Crippen molar-refractivity contribution in [3.8, 4) is 0 Å². The Bertz CT molecular complexity index is 845. The Balaban J connectivity index is 2.24. The molecule has 8 nitrogen and oxygen atoms in total. The molecule has 0 bridgehead atoms. The molecule has 0 aliphatic rings. The summed E-state index contributed by atoms with van der Waals surface area (Å²) in [5, 5.41) is 27.8. The summed E-state index contributed by atoms with van der Waals surface area (Å²) in [5.74, 6) is 0.207. The van der Waals surface area contributed by atoms with Gasteiger partial charge in [0.15, 0.2) is 11.7 Å². The first kappa shape index (κ1) is 21.5. The summed E-state index contributed by atoms with van der Waals surface area (Å²) in [4.78, 5) is 8.45. The van der Waals surface area contributed by atoms with E-state index in [9.17, 15) is 10.4 Å². The molecule has 0 aliphatic heterocycles. The summed E-state index contributed by atoms with van der Waals surface area (Å²) < 4.78 is 0. The number of nitrogens with zero attached hydrogens (tertiary/aromatic N) is 4. The van der Waals surface area contributed by atoms with Gasteiger partial charge in [-0.15, -0.1) is 0 Å². The third kappa shape index (κ3) is 6.43. The summed E-state index contributed by atoms with van der Waals surface area (Å²) >= 11 is 11.7. The Morgan fingerprint density at radius 2 is 1.00 bits per heavy atom. The van der Waals surface area contributed by atoms with E-state index in [1.165, 1.54) is 0 Å². The minimum absolute atomic E-state index is 0.104. The predicted molar refractivity (Wildman–Crippen MR) is 113 cm³/mol. The number of rotatable bonds is 5. The number of halogens is 2. The maximum Gasteiger partial charge on any atom is 0.173 e. The number of hydrogen-bond acceptors (Lipinski definition) is 6. The van der Waals surface area contributed by atoms with Crippen molar-refractivity contribution in [3.63, 3.8) is 0 Å². The van der Waals surface area contributed by atoms with Crippen LogP contribution < -0.4 is 11.0 Å². The van der Waals surface area contributed by atoms with Crippen molar-refractivity contribution in [2.45, 2.75) is 13.8 Å². The average Bonchev–Trinajstić information content (AvgIpc) is 2.70. The van der Waals surface area contributed by atoms with Crippen molar-refractivity contribution in [2.24, 2.45) is 20.2 Å². The molecule has 10 heteroatoms. The number of hydroxylamine groups is 2. The molecule has 28 heavy (non-hydrogen) atoms. The third-order valence-corrected chi connectivity index (χ3v) is 3.89. The van der Waals surface area contributed by atoms with Crippen LogP contribution in [0.4, 0.5) is 11.4 Å². The summed E-state index contributed by atoms with van der Waals surface area (Å²) in [5.41, 5.74) is 5.72. The molecule has 2 aromatic carbocycles. The Kier molecular flexibility index (Phi) is 8.09. The monoisotopic (exact) mass is 420 g/mol. The maximum atomic E-state index is 9.33. The van der Waals surface area contributed by atoms with Crippen LogP contribution in [0, 0.1) is 0 Å². The number of aliphatic imine (C=N–C) groups is 2. The molecular weight excluding hydrogens is 403 g/mol. The summed E-state index contributed by atoms with van der Waals surface area (Å²) in [6.45, 7) is 3.22. The second-order valence-electron chi connectivity index (χ2n) is 5.47. The maximum absolute atomic E-state index is 9.33. The molecule has 0 spiro atoms. The van der Waals surface area contributed by atoms with Gasteiger partial charge in [-0.1, -0.05) is 23.2 Å². The fourth-order valence-electron chi connectivity index (χ4n) is 1.91. The zero-order chi connectivity index (χ0) is 20.5. The van der Waals surface area contributed by atoms with Gasteiger partial charge >= 0.3 is 0 Å². The molecule has 0 saturated heterocycles. The fourth-order valence-corrected chi connectivity index (χ4v) is 2.16. The van der Waals surface area contributed by atoms with Crippen LogP contribution in [0.3, 0.4) is 0 Å². The second-order valence-corrected chi connectivity index (χ2v) is 6.34. The molecular formula is C18H18Cl2N6O2. The van der Waals surface area contributed by atoms with Gasteiger partial charge in [0.05, 0.1) is 11.4 Å².